The summed E-state index contributed by atoms with van der Waals surface area (Å²) in [6.07, 6.45) is 4.61. The molecule has 2 amide bonds. The van der Waals surface area contributed by atoms with Crippen molar-refractivity contribution in [1.29, 1.82) is 0 Å². The number of hydrogen-bond acceptors (Lipinski definition) is 4. The Bertz CT molecular complexity index is 836. The summed E-state index contributed by atoms with van der Waals surface area (Å²) in [7, 11) is 3.25. The topological polar surface area (TPSA) is 96.1 Å². The maximum Gasteiger partial charge on any atom is 0.269 e. The van der Waals surface area contributed by atoms with Crippen LogP contribution < -0.4 is 15.4 Å². The van der Waals surface area contributed by atoms with Crippen molar-refractivity contribution >= 4 is 11.8 Å². The maximum atomic E-state index is 12.4. The van der Waals surface area contributed by atoms with E-state index in [4.69, 9.17) is 9.72 Å². The molecule has 1 saturated carbocycles. The highest BCUT2D eigenvalue weighted by molar-refractivity contribution is 5.98. The van der Waals surface area contributed by atoms with Crippen molar-refractivity contribution in [1.82, 2.24) is 20.6 Å². The molecule has 29 heavy (non-hydrogen) atoms. The number of aromatic amines is 1. The molecule has 156 valence electrons. The lowest BCUT2D eigenvalue weighted by Crippen LogP contribution is -2.30. The molecule has 1 heterocycles. The number of rotatable bonds is 7. The van der Waals surface area contributed by atoms with E-state index in [0.29, 0.717) is 29.6 Å². The van der Waals surface area contributed by atoms with Gasteiger partial charge >= 0.3 is 0 Å². The van der Waals surface area contributed by atoms with Crippen LogP contribution in [-0.4, -0.2) is 42.5 Å². The molecule has 1 aliphatic carbocycles. The number of H-pyrrole nitrogens is 1. The molecule has 0 unspecified atom stereocenters. The molecule has 1 aliphatic rings. The van der Waals surface area contributed by atoms with Crippen LogP contribution in [0.4, 0.5) is 0 Å². The molecule has 1 fully saturated rings. The summed E-state index contributed by atoms with van der Waals surface area (Å²) >= 11 is 0. The summed E-state index contributed by atoms with van der Waals surface area (Å²) < 4.78 is 5.22. The van der Waals surface area contributed by atoms with Crippen LogP contribution in [0.5, 0.6) is 5.75 Å². The molecule has 1 aromatic carbocycles. The summed E-state index contributed by atoms with van der Waals surface area (Å²) in [6.45, 7) is 2.62. The van der Waals surface area contributed by atoms with Crippen LogP contribution in [-0.2, 0) is 4.79 Å². The van der Waals surface area contributed by atoms with E-state index in [2.05, 4.69) is 15.6 Å². The number of imidazole rings is 1. The number of methoxy groups -OCH3 is 1. The summed E-state index contributed by atoms with van der Waals surface area (Å²) in [6, 6.07) is 7.57. The van der Waals surface area contributed by atoms with Gasteiger partial charge in [-0.25, -0.2) is 4.98 Å². The van der Waals surface area contributed by atoms with Crippen LogP contribution >= 0.6 is 0 Å². The Morgan fingerprint density at radius 3 is 2.45 bits per heavy atom. The largest absolute Gasteiger partial charge is 0.497 e. The standard InChI is InChI=1S/C22H30N4O3/c1-4-18(27)24-13-14-5-7-16(8-6-14)21-25-19(20(26-21)22(28)23-2)15-9-11-17(29-3)12-10-15/h9-12,14,16H,4-8,13H2,1-3H3,(H,23,28)(H,24,27)(H,25,26). The number of ether oxygens (including phenoxy) is 1. The number of carbonyl (C=O) groups is 2. The molecule has 1 aromatic heterocycles. The molecular formula is C22H30N4O3. The minimum Gasteiger partial charge on any atom is -0.497 e. The van der Waals surface area contributed by atoms with Gasteiger partial charge in [-0.15, -0.1) is 0 Å². The summed E-state index contributed by atoms with van der Waals surface area (Å²) in [5.74, 6) is 2.37. The fourth-order valence-corrected chi connectivity index (χ4v) is 3.86. The van der Waals surface area contributed by atoms with E-state index in [1.807, 2.05) is 31.2 Å². The predicted octanol–water partition coefficient (Wildman–Crippen LogP) is 3.24. The van der Waals surface area contributed by atoms with Gasteiger partial charge in [0, 0.05) is 31.5 Å². The highest BCUT2D eigenvalue weighted by atomic mass is 16.5. The Morgan fingerprint density at radius 2 is 1.86 bits per heavy atom. The molecular weight excluding hydrogens is 368 g/mol. The minimum absolute atomic E-state index is 0.109. The van der Waals surface area contributed by atoms with Crippen molar-refractivity contribution in [2.24, 2.45) is 5.92 Å². The first-order valence-electron chi connectivity index (χ1n) is 10.3. The zero-order valence-corrected chi connectivity index (χ0v) is 17.4. The SMILES string of the molecule is CCC(=O)NCC1CCC(c2nc(-c3ccc(OC)cc3)c(C(=O)NC)[nH]2)CC1. The molecule has 3 N–H and O–H groups in total. The van der Waals surface area contributed by atoms with E-state index in [-0.39, 0.29) is 11.8 Å². The van der Waals surface area contributed by atoms with Crippen LogP contribution in [0.2, 0.25) is 0 Å². The summed E-state index contributed by atoms with van der Waals surface area (Å²) in [4.78, 5) is 32.0. The quantitative estimate of drug-likeness (QED) is 0.667. The predicted molar refractivity (Wildman–Crippen MR) is 112 cm³/mol. The van der Waals surface area contributed by atoms with Gasteiger partial charge in [0.1, 0.15) is 23.0 Å². The zero-order chi connectivity index (χ0) is 20.8. The first kappa shape index (κ1) is 20.9. The Hall–Kier alpha value is -2.83. The van der Waals surface area contributed by atoms with Crippen LogP contribution in [0.1, 0.15) is 61.3 Å². The molecule has 0 aliphatic heterocycles. The number of aromatic nitrogens is 2. The first-order valence-corrected chi connectivity index (χ1v) is 10.3. The highest BCUT2D eigenvalue weighted by Crippen LogP contribution is 2.36. The zero-order valence-electron chi connectivity index (χ0n) is 17.4. The van der Waals surface area contributed by atoms with Gasteiger partial charge in [0.25, 0.3) is 5.91 Å². The smallest absolute Gasteiger partial charge is 0.269 e. The fraction of sp³-hybridized carbons (Fsp3) is 0.500. The Morgan fingerprint density at radius 1 is 1.17 bits per heavy atom. The normalized spacial score (nSPS) is 18.9. The second kappa shape index (κ2) is 9.58. The van der Waals surface area contributed by atoms with E-state index in [9.17, 15) is 9.59 Å². The summed E-state index contributed by atoms with van der Waals surface area (Å²) in [5, 5.41) is 5.69. The number of carbonyl (C=O) groups excluding carboxylic acids is 2. The third-order valence-electron chi connectivity index (χ3n) is 5.68. The lowest BCUT2D eigenvalue weighted by atomic mass is 9.81. The van der Waals surface area contributed by atoms with Crippen molar-refractivity contribution in [2.75, 3.05) is 20.7 Å². The number of benzene rings is 1. The molecule has 7 nitrogen and oxygen atoms in total. The highest BCUT2D eigenvalue weighted by Gasteiger charge is 2.27. The molecule has 3 rings (SSSR count). The molecule has 0 radical (unpaired) electrons. The van der Waals surface area contributed by atoms with E-state index in [1.165, 1.54) is 0 Å². The van der Waals surface area contributed by atoms with Crippen LogP contribution in [0.3, 0.4) is 0 Å². The monoisotopic (exact) mass is 398 g/mol. The molecule has 0 spiro atoms. The first-order chi connectivity index (χ1) is 14.0. The van der Waals surface area contributed by atoms with Gasteiger partial charge in [0.05, 0.1) is 7.11 Å². The van der Waals surface area contributed by atoms with Gasteiger partial charge in [-0.2, -0.15) is 0 Å². The van der Waals surface area contributed by atoms with Crippen molar-refractivity contribution in [3.05, 3.63) is 35.8 Å². The molecule has 2 aromatic rings. The van der Waals surface area contributed by atoms with Crippen molar-refractivity contribution in [2.45, 2.75) is 44.9 Å². The number of nitrogens with one attached hydrogen (secondary N) is 3. The number of amides is 2. The Balaban J connectivity index is 1.74. The molecule has 7 heteroatoms. The van der Waals surface area contributed by atoms with Crippen molar-refractivity contribution in [3.63, 3.8) is 0 Å². The molecule has 0 saturated heterocycles. The Labute approximate surface area is 171 Å². The molecule has 0 atom stereocenters. The lowest BCUT2D eigenvalue weighted by molar-refractivity contribution is -0.121. The third-order valence-corrected chi connectivity index (χ3v) is 5.68. The van der Waals surface area contributed by atoms with E-state index >= 15 is 0 Å². The van der Waals surface area contributed by atoms with E-state index in [0.717, 1.165) is 49.4 Å². The summed E-state index contributed by atoms with van der Waals surface area (Å²) in [5.41, 5.74) is 2.03. The van der Waals surface area contributed by atoms with Gasteiger partial charge in [-0.05, 0) is 55.9 Å². The average molecular weight is 399 g/mol. The lowest BCUT2D eigenvalue weighted by Gasteiger charge is -2.27. The van der Waals surface area contributed by atoms with Gasteiger partial charge < -0.3 is 20.4 Å². The average Bonchev–Trinajstić information content (AvgIpc) is 3.22. The van der Waals surface area contributed by atoms with E-state index < -0.39 is 0 Å². The van der Waals surface area contributed by atoms with Crippen LogP contribution in [0.15, 0.2) is 24.3 Å². The molecule has 0 bridgehead atoms. The third kappa shape index (κ3) is 4.96. The van der Waals surface area contributed by atoms with Gasteiger partial charge in [0.2, 0.25) is 5.91 Å². The second-order valence-electron chi connectivity index (χ2n) is 7.53. The fourth-order valence-electron chi connectivity index (χ4n) is 3.86. The van der Waals surface area contributed by atoms with Gasteiger partial charge in [-0.1, -0.05) is 6.92 Å². The van der Waals surface area contributed by atoms with Crippen molar-refractivity contribution in [3.8, 4) is 17.0 Å². The van der Waals surface area contributed by atoms with E-state index in [1.54, 1.807) is 14.2 Å². The van der Waals surface area contributed by atoms with Gasteiger partial charge in [-0.3, -0.25) is 9.59 Å². The van der Waals surface area contributed by atoms with Crippen molar-refractivity contribution < 1.29 is 14.3 Å². The Kier molecular flexibility index (Phi) is 6.90. The van der Waals surface area contributed by atoms with Gasteiger partial charge in [0.15, 0.2) is 0 Å². The van der Waals surface area contributed by atoms with Crippen LogP contribution in [0, 0.1) is 5.92 Å². The number of hydrogen-bond donors (Lipinski definition) is 3. The maximum absolute atomic E-state index is 12.4. The minimum atomic E-state index is -0.175. The number of nitrogens with zero attached hydrogens (tertiary/aromatic N) is 1. The van der Waals surface area contributed by atoms with Crippen LogP contribution in [0.25, 0.3) is 11.3 Å². The second-order valence-corrected chi connectivity index (χ2v) is 7.53.